The molecule has 1 aromatic carbocycles. The summed E-state index contributed by atoms with van der Waals surface area (Å²) in [7, 11) is 1.34. The number of benzene rings is 1. The normalized spacial score (nSPS) is 12.0. The van der Waals surface area contributed by atoms with Crippen LogP contribution in [0.3, 0.4) is 0 Å². The quantitative estimate of drug-likeness (QED) is 0.526. The van der Waals surface area contributed by atoms with Gasteiger partial charge < -0.3 is 20.9 Å². The fourth-order valence-electron chi connectivity index (χ4n) is 2.07. The number of hydrogen-bond acceptors (Lipinski definition) is 5. The highest BCUT2D eigenvalue weighted by atomic mass is 16.5. The molecule has 5 heteroatoms. The fourth-order valence-corrected chi connectivity index (χ4v) is 2.07. The Labute approximate surface area is 120 Å². The molecule has 1 atom stereocenters. The molecule has 1 aromatic rings. The molecule has 4 N–H and O–H groups in total. The van der Waals surface area contributed by atoms with E-state index in [0.717, 1.165) is 30.6 Å². The van der Waals surface area contributed by atoms with Crippen molar-refractivity contribution in [2.24, 2.45) is 5.92 Å². The van der Waals surface area contributed by atoms with Crippen LogP contribution in [0.5, 0.6) is 0 Å². The average Bonchev–Trinajstić information content (AvgIpc) is 2.45. The Kier molecular flexibility index (Phi) is 6.31. The Hall–Kier alpha value is -1.75. The molecule has 0 radical (unpaired) electrons. The smallest absolute Gasteiger partial charge is 0.340 e. The zero-order valence-corrected chi connectivity index (χ0v) is 12.4. The lowest BCUT2D eigenvalue weighted by molar-refractivity contribution is 0.0602. The van der Waals surface area contributed by atoms with Gasteiger partial charge in [0.05, 0.1) is 12.7 Å². The monoisotopic (exact) mass is 280 g/mol. The Morgan fingerprint density at radius 3 is 2.75 bits per heavy atom. The van der Waals surface area contributed by atoms with Crippen LogP contribution in [0.2, 0.25) is 0 Å². The lowest BCUT2D eigenvalue weighted by Gasteiger charge is -2.17. The summed E-state index contributed by atoms with van der Waals surface area (Å²) in [6, 6.07) is 3.62. The van der Waals surface area contributed by atoms with Crippen LogP contribution in [-0.4, -0.2) is 31.3 Å². The first-order valence-electron chi connectivity index (χ1n) is 6.86. The summed E-state index contributed by atoms with van der Waals surface area (Å²) in [6.45, 7) is 4.89. The Morgan fingerprint density at radius 1 is 1.50 bits per heavy atom. The van der Waals surface area contributed by atoms with Crippen LogP contribution in [-0.2, 0) is 4.74 Å². The minimum absolute atomic E-state index is 0.189. The van der Waals surface area contributed by atoms with Crippen LogP contribution < -0.4 is 11.1 Å². The molecule has 0 saturated carbocycles. The van der Waals surface area contributed by atoms with Crippen molar-refractivity contribution >= 4 is 17.3 Å². The van der Waals surface area contributed by atoms with Gasteiger partial charge in [-0.3, -0.25) is 0 Å². The van der Waals surface area contributed by atoms with Crippen molar-refractivity contribution in [1.29, 1.82) is 0 Å². The number of aryl methyl sites for hydroxylation is 1. The summed E-state index contributed by atoms with van der Waals surface area (Å²) in [6.07, 6.45) is 1.76. The number of rotatable bonds is 7. The summed E-state index contributed by atoms with van der Waals surface area (Å²) in [4.78, 5) is 11.7. The average molecular weight is 280 g/mol. The number of hydrogen-bond donors (Lipinski definition) is 3. The number of methoxy groups -OCH3 is 1. The van der Waals surface area contributed by atoms with Crippen molar-refractivity contribution in [3.63, 3.8) is 0 Å². The molecule has 0 aliphatic rings. The third-order valence-electron chi connectivity index (χ3n) is 3.50. The fraction of sp³-hybridized carbons (Fsp3) is 0.533. The molecule has 5 nitrogen and oxygen atoms in total. The largest absolute Gasteiger partial charge is 0.465 e. The molecule has 1 unspecified atom stereocenters. The van der Waals surface area contributed by atoms with Gasteiger partial charge >= 0.3 is 5.97 Å². The number of aliphatic hydroxyl groups is 1. The summed E-state index contributed by atoms with van der Waals surface area (Å²) in [5.41, 5.74) is 8.40. The van der Waals surface area contributed by atoms with Gasteiger partial charge in [0.25, 0.3) is 0 Å². The third kappa shape index (κ3) is 4.13. The molecule has 0 aliphatic carbocycles. The molecule has 20 heavy (non-hydrogen) atoms. The Bertz CT molecular complexity index is 461. The van der Waals surface area contributed by atoms with Crippen LogP contribution in [0.1, 0.15) is 35.7 Å². The maximum atomic E-state index is 11.7. The summed E-state index contributed by atoms with van der Waals surface area (Å²) in [5.74, 6) is -0.0314. The number of aliphatic hydroxyl groups excluding tert-OH is 1. The van der Waals surface area contributed by atoms with Crippen molar-refractivity contribution in [3.05, 3.63) is 23.3 Å². The maximum Gasteiger partial charge on any atom is 0.340 e. The molecule has 0 heterocycles. The van der Waals surface area contributed by atoms with Crippen molar-refractivity contribution in [2.45, 2.75) is 26.7 Å². The highest BCUT2D eigenvalue weighted by Crippen LogP contribution is 2.24. The Morgan fingerprint density at radius 2 is 2.20 bits per heavy atom. The van der Waals surface area contributed by atoms with Crippen molar-refractivity contribution < 1.29 is 14.6 Å². The topological polar surface area (TPSA) is 84.6 Å². The van der Waals surface area contributed by atoms with Crippen molar-refractivity contribution in [3.8, 4) is 0 Å². The SMILES string of the molecule is CCC(CCO)CNc1cc(C)c(N)c(C(=O)OC)c1. The van der Waals surface area contributed by atoms with E-state index in [9.17, 15) is 4.79 Å². The van der Waals surface area contributed by atoms with Gasteiger partial charge in [-0.25, -0.2) is 4.79 Å². The van der Waals surface area contributed by atoms with E-state index in [1.165, 1.54) is 7.11 Å². The molecule has 0 aliphatic heterocycles. The molecule has 0 aromatic heterocycles. The van der Waals surface area contributed by atoms with E-state index >= 15 is 0 Å². The first kappa shape index (κ1) is 16.3. The molecule has 112 valence electrons. The minimum Gasteiger partial charge on any atom is -0.465 e. The van der Waals surface area contributed by atoms with E-state index < -0.39 is 5.97 Å². The molecule has 0 spiro atoms. The van der Waals surface area contributed by atoms with E-state index in [-0.39, 0.29) is 6.61 Å². The summed E-state index contributed by atoms with van der Waals surface area (Å²) < 4.78 is 4.73. The predicted octanol–water partition coefficient (Wildman–Crippen LogP) is 2.18. The van der Waals surface area contributed by atoms with Gasteiger partial charge in [-0.05, 0) is 37.0 Å². The maximum absolute atomic E-state index is 11.7. The van der Waals surface area contributed by atoms with Crippen LogP contribution in [0, 0.1) is 12.8 Å². The summed E-state index contributed by atoms with van der Waals surface area (Å²) >= 11 is 0. The second-order valence-electron chi connectivity index (χ2n) is 4.91. The molecule has 0 bridgehead atoms. The second kappa shape index (κ2) is 7.75. The number of carbonyl (C=O) groups is 1. The first-order valence-corrected chi connectivity index (χ1v) is 6.86. The number of nitrogen functional groups attached to an aromatic ring is 1. The molecule has 1 rings (SSSR count). The lowest BCUT2D eigenvalue weighted by atomic mass is 10.0. The molecular formula is C15H24N2O3. The van der Waals surface area contributed by atoms with Crippen LogP contribution in [0.4, 0.5) is 11.4 Å². The number of nitrogens with one attached hydrogen (secondary N) is 1. The number of ether oxygens (including phenoxy) is 1. The van der Waals surface area contributed by atoms with E-state index in [4.69, 9.17) is 15.6 Å². The predicted molar refractivity (Wildman–Crippen MR) is 80.9 cm³/mol. The van der Waals surface area contributed by atoms with Gasteiger partial charge in [-0.1, -0.05) is 13.3 Å². The van der Waals surface area contributed by atoms with Crippen LogP contribution in [0.25, 0.3) is 0 Å². The number of nitrogens with two attached hydrogens (primary N) is 1. The highest BCUT2D eigenvalue weighted by Gasteiger charge is 2.14. The van der Waals surface area contributed by atoms with Gasteiger partial charge in [-0.15, -0.1) is 0 Å². The van der Waals surface area contributed by atoms with Crippen LogP contribution in [0.15, 0.2) is 12.1 Å². The van der Waals surface area contributed by atoms with Gasteiger partial charge in [-0.2, -0.15) is 0 Å². The first-order chi connectivity index (χ1) is 9.53. The number of anilines is 2. The molecule has 0 saturated heterocycles. The minimum atomic E-state index is -0.434. The van der Waals surface area contributed by atoms with Gasteiger partial charge in [0.2, 0.25) is 0 Å². The highest BCUT2D eigenvalue weighted by molar-refractivity contribution is 5.97. The lowest BCUT2D eigenvalue weighted by Crippen LogP contribution is -2.16. The standard InChI is InChI=1S/C15H24N2O3/c1-4-11(5-6-18)9-17-12-7-10(2)14(16)13(8-12)15(19)20-3/h7-8,11,17-18H,4-6,9,16H2,1-3H3. The molecule has 0 fully saturated rings. The second-order valence-corrected chi connectivity index (χ2v) is 4.91. The van der Waals surface area contributed by atoms with Gasteiger partial charge in [0.15, 0.2) is 0 Å². The van der Waals surface area contributed by atoms with Gasteiger partial charge in [0, 0.05) is 24.5 Å². The van der Waals surface area contributed by atoms with E-state index in [2.05, 4.69) is 12.2 Å². The zero-order valence-electron chi connectivity index (χ0n) is 12.4. The van der Waals surface area contributed by atoms with E-state index in [1.807, 2.05) is 13.0 Å². The van der Waals surface area contributed by atoms with E-state index in [1.54, 1.807) is 6.07 Å². The third-order valence-corrected chi connectivity index (χ3v) is 3.50. The number of esters is 1. The Balaban J connectivity index is 2.86. The van der Waals surface area contributed by atoms with Gasteiger partial charge in [0.1, 0.15) is 0 Å². The summed E-state index contributed by atoms with van der Waals surface area (Å²) in [5, 5.41) is 12.3. The van der Waals surface area contributed by atoms with E-state index in [0.29, 0.717) is 17.2 Å². The zero-order chi connectivity index (χ0) is 15.1. The molecule has 0 amide bonds. The van der Waals surface area contributed by atoms with Crippen LogP contribution >= 0.6 is 0 Å². The molecular weight excluding hydrogens is 256 g/mol. The van der Waals surface area contributed by atoms with Crippen molar-refractivity contribution in [1.82, 2.24) is 0 Å². The van der Waals surface area contributed by atoms with Crippen molar-refractivity contribution in [2.75, 3.05) is 31.3 Å². The number of carbonyl (C=O) groups excluding carboxylic acids is 1.